The second-order valence-electron chi connectivity index (χ2n) is 5.22. The van der Waals surface area contributed by atoms with Gasteiger partial charge in [0.1, 0.15) is 0 Å². The number of amides is 1. The number of pyridine rings is 1. The SMILES string of the molecule is NC(=O)c1cccc(-c2cc(-c3nn[nH]n3)ccn2)c1-c1cnc[nH]1. The first kappa shape index (κ1) is 14.7. The highest BCUT2D eigenvalue weighted by molar-refractivity contribution is 6.03. The molecule has 0 saturated carbocycles. The van der Waals surface area contributed by atoms with Crippen LogP contribution in [0.3, 0.4) is 0 Å². The van der Waals surface area contributed by atoms with Gasteiger partial charge >= 0.3 is 0 Å². The van der Waals surface area contributed by atoms with E-state index in [4.69, 9.17) is 5.73 Å². The summed E-state index contributed by atoms with van der Waals surface area (Å²) in [5.41, 5.74) is 9.39. The molecule has 0 atom stereocenters. The molecule has 9 heteroatoms. The highest BCUT2D eigenvalue weighted by Gasteiger charge is 2.18. The van der Waals surface area contributed by atoms with E-state index in [1.807, 2.05) is 12.1 Å². The molecule has 0 saturated heterocycles. The quantitative estimate of drug-likeness (QED) is 0.516. The van der Waals surface area contributed by atoms with Gasteiger partial charge in [0, 0.05) is 28.5 Å². The summed E-state index contributed by atoms with van der Waals surface area (Å²) in [7, 11) is 0. The Balaban J connectivity index is 1.93. The van der Waals surface area contributed by atoms with Crippen LogP contribution in [-0.4, -0.2) is 41.5 Å². The Hall–Kier alpha value is -3.88. The van der Waals surface area contributed by atoms with E-state index in [2.05, 4.69) is 35.6 Å². The van der Waals surface area contributed by atoms with Crippen molar-refractivity contribution in [1.82, 2.24) is 35.6 Å². The first-order valence-corrected chi connectivity index (χ1v) is 7.36. The number of nitrogens with two attached hydrogens (primary N) is 1. The van der Waals surface area contributed by atoms with Crippen LogP contribution in [0.5, 0.6) is 0 Å². The second kappa shape index (κ2) is 5.96. The standard InChI is InChI=1S/C16H12N8O/c17-15(25)11-3-1-2-10(14(11)13-7-18-8-20-13)12-6-9(4-5-19-12)16-21-23-24-22-16/h1-8H,(H2,17,25)(H,18,20)(H,21,22,23,24). The fourth-order valence-corrected chi connectivity index (χ4v) is 2.65. The second-order valence-corrected chi connectivity index (χ2v) is 5.22. The normalized spacial score (nSPS) is 10.7. The lowest BCUT2D eigenvalue weighted by Gasteiger charge is -2.12. The van der Waals surface area contributed by atoms with E-state index >= 15 is 0 Å². The van der Waals surface area contributed by atoms with Gasteiger partial charge in [-0.3, -0.25) is 9.78 Å². The molecule has 0 spiro atoms. The lowest BCUT2D eigenvalue weighted by atomic mass is 9.95. The average Bonchev–Trinajstić information content (AvgIpc) is 3.35. The zero-order chi connectivity index (χ0) is 17.2. The van der Waals surface area contributed by atoms with Crippen molar-refractivity contribution in [2.24, 2.45) is 5.73 Å². The molecule has 0 aliphatic carbocycles. The molecule has 3 aromatic heterocycles. The number of hydrogen-bond acceptors (Lipinski definition) is 6. The molecule has 0 radical (unpaired) electrons. The number of aromatic nitrogens is 7. The van der Waals surface area contributed by atoms with Gasteiger partial charge in [0.2, 0.25) is 11.7 Å². The van der Waals surface area contributed by atoms with E-state index in [9.17, 15) is 4.79 Å². The number of nitrogens with zero attached hydrogens (tertiary/aromatic N) is 5. The van der Waals surface area contributed by atoms with E-state index in [1.54, 1.807) is 36.9 Å². The Morgan fingerprint density at radius 1 is 1.20 bits per heavy atom. The summed E-state index contributed by atoms with van der Waals surface area (Å²) in [6.07, 6.45) is 4.82. The van der Waals surface area contributed by atoms with Gasteiger partial charge in [-0.05, 0) is 23.4 Å². The third-order valence-corrected chi connectivity index (χ3v) is 3.74. The van der Waals surface area contributed by atoms with Crippen LogP contribution in [0.1, 0.15) is 10.4 Å². The van der Waals surface area contributed by atoms with E-state index in [-0.39, 0.29) is 0 Å². The van der Waals surface area contributed by atoms with Crippen LogP contribution in [0.2, 0.25) is 0 Å². The minimum absolute atomic E-state index is 0.383. The molecule has 4 rings (SSSR count). The van der Waals surface area contributed by atoms with Gasteiger partial charge in [-0.1, -0.05) is 12.1 Å². The van der Waals surface area contributed by atoms with Crippen molar-refractivity contribution in [2.45, 2.75) is 0 Å². The van der Waals surface area contributed by atoms with Gasteiger partial charge in [0.15, 0.2) is 0 Å². The summed E-state index contributed by atoms with van der Waals surface area (Å²) in [5.74, 6) is -0.0708. The predicted octanol–water partition coefficient (Wildman–Crippen LogP) is 1.42. The van der Waals surface area contributed by atoms with Crippen LogP contribution in [-0.2, 0) is 0 Å². The predicted molar refractivity (Wildman–Crippen MR) is 88.9 cm³/mol. The summed E-state index contributed by atoms with van der Waals surface area (Å²) in [5, 5.41) is 13.9. The smallest absolute Gasteiger partial charge is 0.249 e. The van der Waals surface area contributed by atoms with Crippen molar-refractivity contribution in [3.8, 4) is 33.9 Å². The monoisotopic (exact) mass is 332 g/mol. The minimum atomic E-state index is -0.527. The van der Waals surface area contributed by atoms with E-state index in [0.717, 1.165) is 11.1 Å². The maximum Gasteiger partial charge on any atom is 0.249 e. The van der Waals surface area contributed by atoms with Gasteiger partial charge in [-0.15, -0.1) is 10.2 Å². The maximum absolute atomic E-state index is 11.9. The van der Waals surface area contributed by atoms with Crippen LogP contribution in [0.25, 0.3) is 33.9 Å². The molecule has 1 amide bonds. The fraction of sp³-hybridized carbons (Fsp3) is 0. The highest BCUT2D eigenvalue weighted by Crippen LogP contribution is 2.33. The van der Waals surface area contributed by atoms with Crippen LogP contribution >= 0.6 is 0 Å². The summed E-state index contributed by atoms with van der Waals surface area (Å²) < 4.78 is 0. The number of imidazole rings is 1. The summed E-state index contributed by atoms with van der Waals surface area (Å²) in [4.78, 5) is 23.4. The third kappa shape index (κ3) is 2.63. The Morgan fingerprint density at radius 2 is 2.12 bits per heavy atom. The van der Waals surface area contributed by atoms with E-state index in [1.165, 1.54) is 0 Å². The van der Waals surface area contributed by atoms with Crippen LogP contribution < -0.4 is 5.73 Å². The summed E-state index contributed by atoms with van der Waals surface area (Å²) in [6.45, 7) is 0. The van der Waals surface area contributed by atoms with Crippen molar-refractivity contribution in [3.63, 3.8) is 0 Å². The third-order valence-electron chi connectivity index (χ3n) is 3.74. The number of rotatable bonds is 4. The molecule has 0 aliphatic heterocycles. The van der Waals surface area contributed by atoms with Gasteiger partial charge in [0.25, 0.3) is 0 Å². The average molecular weight is 332 g/mol. The molecular weight excluding hydrogens is 320 g/mol. The van der Waals surface area contributed by atoms with Crippen molar-refractivity contribution < 1.29 is 4.79 Å². The molecule has 0 bridgehead atoms. The summed E-state index contributed by atoms with van der Waals surface area (Å²) in [6, 6.07) is 8.90. The molecular formula is C16H12N8O. The topological polar surface area (TPSA) is 139 Å². The van der Waals surface area contributed by atoms with Crippen LogP contribution in [0, 0.1) is 0 Å². The molecule has 9 nitrogen and oxygen atoms in total. The number of carbonyl (C=O) groups is 1. The van der Waals surface area contributed by atoms with Gasteiger partial charge in [0.05, 0.1) is 23.9 Å². The molecule has 25 heavy (non-hydrogen) atoms. The van der Waals surface area contributed by atoms with Gasteiger partial charge < -0.3 is 10.7 Å². The van der Waals surface area contributed by atoms with Crippen LogP contribution in [0.4, 0.5) is 0 Å². The minimum Gasteiger partial charge on any atom is -0.366 e. The Morgan fingerprint density at radius 3 is 2.84 bits per heavy atom. The van der Waals surface area contributed by atoms with Crippen molar-refractivity contribution >= 4 is 5.91 Å². The number of H-pyrrole nitrogens is 2. The summed E-state index contributed by atoms with van der Waals surface area (Å²) >= 11 is 0. The Bertz CT molecular complexity index is 1020. The van der Waals surface area contributed by atoms with Crippen molar-refractivity contribution in [3.05, 3.63) is 54.6 Å². The number of primary amides is 1. The number of tetrazole rings is 1. The van der Waals surface area contributed by atoms with E-state index < -0.39 is 5.91 Å². The van der Waals surface area contributed by atoms with Crippen molar-refractivity contribution in [2.75, 3.05) is 0 Å². The molecule has 3 heterocycles. The molecule has 0 fully saturated rings. The number of aromatic amines is 2. The molecule has 122 valence electrons. The van der Waals surface area contributed by atoms with Crippen molar-refractivity contribution in [1.29, 1.82) is 0 Å². The van der Waals surface area contributed by atoms with Gasteiger partial charge in [-0.2, -0.15) is 5.21 Å². The first-order chi connectivity index (χ1) is 12.2. The molecule has 4 aromatic rings. The molecule has 1 aromatic carbocycles. The van der Waals surface area contributed by atoms with E-state index in [0.29, 0.717) is 28.3 Å². The Kier molecular flexibility index (Phi) is 3.51. The number of nitrogens with one attached hydrogen (secondary N) is 2. The molecule has 4 N–H and O–H groups in total. The lowest BCUT2D eigenvalue weighted by molar-refractivity contribution is 0.100. The Labute approximate surface area is 141 Å². The zero-order valence-electron chi connectivity index (χ0n) is 12.8. The first-order valence-electron chi connectivity index (χ1n) is 7.36. The van der Waals surface area contributed by atoms with Gasteiger partial charge in [-0.25, -0.2) is 4.98 Å². The fourth-order valence-electron chi connectivity index (χ4n) is 2.65. The number of hydrogen-bond donors (Lipinski definition) is 3. The highest BCUT2D eigenvalue weighted by atomic mass is 16.1. The maximum atomic E-state index is 11.9. The molecule has 0 aliphatic rings. The van der Waals surface area contributed by atoms with Crippen LogP contribution in [0.15, 0.2) is 49.1 Å². The largest absolute Gasteiger partial charge is 0.366 e. The lowest BCUT2D eigenvalue weighted by Crippen LogP contribution is -2.13. The number of benzene rings is 1. The zero-order valence-corrected chi connectivity index (χ0v) is 12.8. The molecule has 0 unspecified atom stereocenters. The number of carbonyl (C=O) groups excluding carboxylic acids is 1.